The van der Waals surface area contributed by atoms with Crippen LogP contribution in [0, 0.1) is 29.5 Å². The van der Waals surface area contributed by atoms with Crippen LogP contribution in [-0.2, 0) is 13.5 Å². The molecule has 0 bridgehead atoms. The molecule has 0 aliphatic heterocycles. The molecule has 3 aromatic carbocycles. The van der Waals surface area contributed by atoms with Crippen LogP contribution >= 0.6 is 0 Å². The first-order valence-electron chi connectivity index (χ1n) is 11.8. The Morgan fingerprint density at radius 3 is 2.37 bits per heavy atom. The number of fused-ring (bicyclic) bond motifs is 3. The second-order valence-electron chi connectivity index (χ2n) is 10.5. The molecule has 0 aliphatic rings. The molecule has 0 saturated heterocycles. The van der Waals surface area contributed by atoms with Gasteiger partial charge in [-0.05, 0) is 59.7 Å². The summed E-state index contributed by atoms with van der Waals surface area (Å²) in [5.74, 6) is -0.324. The Labute approximate surface area is 205 Å². The van der Waals surface area contributed by atoms with E-state index in [1.807, 2.05) is 55.1 Å². The fraction of sp³-hybridized carbons (Fsp3) is 0.226. The van der Waals surface area contributed by atoms with Gasteiger partial charge in [0.05, 0.1) is 22.6 Å². The molecular weight excluding hydrogens is 435 g/mol. The first-order chi connectivity index (χ1) is 16.7. The molecule has 5 rings (SSSR count). The molecule has 0 saturated carbocycles. The average Bonchev–Trinajstić information content (AvgIpc) is 3.19. The lowest BCUT2D eigenvalue weighted by Crippen LogP contribution is -2.30. The molecule has 35 heavy (non-hydrogen) atoms. The number of rotatable bonds is 3. The molecule has 0 unspecified atom stereocenters. The van der Waals surface area contributed by atoms with Gasteiger partial charge < -0.3 is 4.42 Å². The summed E-state index contributed by atoms with van der Waals surface area (Å²) in [6, 6.07) is 21.6. The van der Waals surface area contributed by atoms with Gasteiger partial charge in [0.25, 0.3) is 0 Å². The predicted octanol–water partition coefficient (Wildman–Crippen LogP) is 7.65. The molecule has 2 aromatic heterocycles. The molecule has 2 heterocycles. The Hall–Kier alpha value is -3.97. The lowest BCUT2D eigenvalue weighted by molar-refractivity contribution is -0.660. The summed E-state index contributed by atoms with van der Waals surface area (Å²) in [6.45, 7) is 8.54. The lowest BCUT2D eigenvalue weighted by Gasteiger charge is -2.18. The second kappa shape index (κ2) is 8.36. The van der Waals surface area contributed by atoms with Crippen molar-refractivity contribution in [2.75, 3.05) is 0 Å². The van der Waals surface area contributed by atoms with Gasteiger partial charge in [0.15, 0.2) is 11.8 Å². The van der Waals surface area contributed by atoms with E-state index in [0.29, 0.717) is 33.1 Å². The number of nitriles is 1. The average molecular weight is 464 g/mol. The Morgan fingerprint density at radius 2 is 1.71 bits per heavy atom. The number of pyridine rings is 1. The van der Waals surface area contributed by atoms with Crippen LogP contribution in [0.4, 0.5) is 4.39 Å². The van der Waals surface area contributed by atoms with Crippen molar-refractivity contribution in [3.8, 4) is 28.5 Å². The first kappa shape index (κ1) is 22.8. The van der Waals surface area contributed by atoms with Crippen LogP contribution in [0.15, 0.2) is 71.3 Å². The quantitative estimate of drug-likeness (QED) is 0.258. The van der Waals surface area contributed by atoms with Crippen LogP contribution in [0.5, 0.6) is 0 Å². The predicted molar refractivity (Wildman–Crippen MR) is 138 cm³/mol. The Bertz CT molecular complexity index is 1630. The van der Waals surface area contributed by atoms with Gasteiger partial charge in [-0.3, -0.25) is 0 Å². The van der Waals surface area contributed by atoms with Gasteiger partial charge in [-0.1, -0.05) is 45.0 Å². The lowest BCUT2D eigenvalue weighted by atomic mass is 9.87. The first-order valence-corrected chi connectivity index (χ1v) is 11.8. The van der Waals surface area contributed by atoms with Crippen LogP contribution in [-0.4, -0.2) is 0 Å². The number of nitrogens with zero attached hydrogens (tertiary/aromatic N) is 2. The van der Waals surface area contributed by atoms with Gasteiger partial charge in [0.2, 0.25) is 5.69 Å². The molecule has 4 heteroatoms. The van der Waals surface area contributed by atoms with E-state index in [4.69, 9.17) is 4.42 Å². The SMILES string of the molecule is Cc1cc(F)c2c(oc3c(-c4ccc(CC(C)(C)C)cc4)c(C#N)ccc32)c1-c1cccc[n+]1C. The minimum atomic E-state index is -0.324. The zero-order valence-electron chi connectivity index (χ0n) is 20.7. The normalized spacial score (nSPS) is 11.8. The van der Waals surface area contributed by atoms with Crippen molar-refractivity contribution in [3.05, 3.63) is 89.4 Å². The van der Waals surface area contributed by atoms with Crippen molar-refractivity contribution >= 4 is 21.9 Å². The molecule has 174 valence electrons. The van der Waals surface area contributed by atoms with Gasteiger partial charge in [-0.25, -0.2) is 8.96 Å². The van der Waals surface area contributed by atoms with Crippen LogP contribution < -0.4 is 4.57 Å². The van der Waals surface area contributed by atoms with E-state index in [1.54, 1.807) is 18.2 Å². The third-order valence-corrected chi connectivity index (χ3v) is 6.47. The third-order valence-electron chi connectivity index (χ3n) is 6.47. The number of hydrogen-bond acceptors (Lipinski definition) is 2. The summed E-state index contributed by atoms with van der Waals surface area (Å²) in [5, 5.41) is 11.0. The Balaban J connectivity index is 1.81. The summed E-state index contributed by atoms with van der Waals surface area (Å²) in [6.07, 6.45) is 2.92. The molecule has 0 aliphatic carbocycles. The van der Waals surface area contributed by atoms with Crippen LogP contribution in [0.3, 0.4) is 0 Å². The minimum Gasteiger partial charge on any atom is -0.454 e. The fourth-order valence-corrected chi connectivity index (χ4v) is 4.97. The molecule has 3 nitrogen and oxygen atoms in total. The van der Waals surface area contributed by atoms with E-state index >= 15 is 4.39 Å². The van der Waals surface area contributed by atoms with Crippen molar-refractivity contribution in [1.82, 2.24) is 0 Å². The highest BCUT2D eigenvalue weighted by Gasteiger charge is 2.25. The molecular formula is C31H28FN2O+. The highest BCUT2D eigenvalue weighted by atomic mass is 19.1. The van der Waals surface area contributed by atoms with Crippen molar-refractivity contribution in [3.63, 3.8) is 0 Å². The zero-order chi connectivity index (χ0) is 24.9. The van der Waals surface area contributed by atoms with E-state index in [-0.39, 0.29) is 11.2 Å². The van der Waals surface area contributed by atoms with E-state index in [9.17, 15) is 5.26 Å². The zero-order valence-corrected chi connectivity index (χ0v) is 20.7. The Kier molecular flexibility index (Phi) is 5.44. The number of hydrogen-bond donors (Lipinski definition) is 0. The summed E-state index contributed by atoms with van der Waals surface area (Å²) >= 11 is 0. The number of furan rings is 1. The molecule has 0 spiro atoms. The number of halogens is 1. The van der Waals surface area contributed by atoms with Crippen LogP contribution in [0.1, 0.15) is 37.5 Å². The van der Waals surface area contributed by atoms with Crippen LogP contribution in [0.2, 0.25) is 0 Å². The number of benzene rings is 3. The molecule has 0 radical (unpaired) electrons. The van der Waals surface area contributed by atoms with Crippen molar-refractivity contribution in [2.45, 2.75) is 34.1 Å². The van der Waals surface area contributed by atoms with Gasteiger partial charge >= 0.3 is 0 Å². The molecule has 0 fully saturated rings. The third kappa shape index (κ3) is 3.98. The Morgan fingerprint density at radius 1 is 0.971 bits per heavy atom. The van der Waals surface area contributed by atoms with E-state index in [2.05, 4.69) is 39.0 Å². The summed E-state index contributed by atoms with van der Waals surface area (Å²) in [4.78, 5) is 0. The van der Waals surface area contributed by atoms with Gasteiger partial charge in [-0.2, -0.15) is 5.26 Å². The summed E-state index contributed by atoms with van der Waals surface area (Å²) in [7, 11) is 1.96. The maximum atomic E-state index is 15.4. The monoisotopic (exact) mass is 463 g/mol. The molecule has 5 aromatic rings. The minimum absolute atomic E-state index is 0.178. The van der Waals surface area contributed by atoms with Crippen molar-refractivity contribution < 1.29 is 13.4 Å². The van der Waals surface area contributed by atoms with E-state index in [1.165, 1.54) is 5.56 Å². The highest BCUT2D eigenvalue weighted by Crippen LogP contribution is 2.43. The molecule has 0 N–H and O–H groups in total. The largest absolute Gasteiger partial charge is 0.454 e. The standard InChI is InChI=1S/C31H28FN2O/c1-19-16-24(32)28-23-14-13-22(18-33)27(21-11-9-20(10-12-21)17-31(2,3)4)29(23)35-30(28)26(19)25-8-6-7-15-34(25)5/h6-16H,17H2,1-5H3/q+1. The number of aromatic nitrogens is 1. The second-order valence-corrected chi connectivity index (χ2v) is 10.5. The smallest absolute Gasteiger partial charge is 0.216 e. The van der Waals surface area contributed by atoms with Crippen LogP contribution in [0.25, 0.3) is 44.3 Å². The maximum Gasteiger partial charge on any atom is 0.216 e. The molecule has 0 atom stereocenters. The molecule has 0 amide bonds. The van der Waals surface area contributed by atoms with E-state index in [0.717, 1.165) is 28.8 Å². The number of aryl methyl sites for hydroxylation is 2. The topological polar surface area (TPSA) is 40.8 Å². The maximum absolute atomic E-state index is 15.4. The van der Waals surface area contributed by atoms with E-state index < -0.39 is 0 Å². The van der Waals surface area contributed by atoms with Gasteiger partial charge in [-0.15, -0.1) is 0 Å². The summed E-state index contributed by atoms with van der Waals surface area (Å²) in [5.41, 5.74) is 7.11. The summed E-state index contributed by atoms with van der Waals surface area (Å²) < 4.78 is 23.9. The van der Waals surface area contributed by atoms with Gasteiger partial charge in [0, 0.05) is 23.1 Å². The highest BCUT2D eigenvalue weighted by molar-refractivity contribution is 6.14. The van der Waals surface area contributed by atoms with Crippen molar-refractivity contribution in [1.29, 1.82) is 5.26 Å². The van der Waals surface area contributed by atoms with Gasteiger partial charge in [0.1, 0.15) is 18.4 Å². The van der Waals surface area contributed by atoms with Crippen molar-refractivity contribution in [2.24, 2.45) is 12.5 Å². The fourth-order valence-electron chi connectivity index (χ4n) is 4.97.